The van der Waals surface area contributed by atoms with E-state index in [1.807, 2.05) is 45.2 Å². The molecule has 0 radical (unpaired) electrons. The zero-order chi connectivity index (χ0) is 36.2. The first-order valence-electron chi connectivity index (χ1n) is 16.9. The number of quaternary nitrogens is 1. The molecule has 0 aliphatic carbocycles. The molecule has 5 rings (SSSR count). The second kappa shape index (κ2) is 15.0. The molecule has 264 valence electrons. The van der Waals surface area contributed by atoms with Crippen molar-refractivity contribution in [1.29, 1.82) is 0 Å². The minimum absolute atomic E-state index is 0.0200. The number of aromatic carboxylic acids is 1. The van der Waals surface area contributed by atoms with E-state index < -0.39 is 10.9 Å². The molecular formula is C38H48N7O5+. The molecule has 2 atom stereocenters. The number of nitrogens with one attached hydrogen (secondary N) is 2. The quantitative estimate of drug-likeness (QED) is 0.0820. The fraction of sp³-hybridized carbons (Fsp3) is 0.395. The highest BCUT2D eigenvalue weighted by Gasteiger charge is 2.31. The monoisotopic (exact) mass is 682 g/mol. The Morgan fingerprint density at radius 2 is 1.72 bits per heavy atom. The van der Waals surface area contributed by atoms with Gasteiger partial charge in [-0.2, -0.15) is 4.98 Å². The maximum Gasteiger partial charge on any atom is 0.335 e. The lowest BCUT2D eigenvalue weighted by atomic mass is 9.86. The summed E-state index contributed by atoms with van der Waals surface area (Å²) in [5.74, 6) is -0.332. The number of allylic oxidation sites excluding steroid dienone is 1. The molecule has 4 aromatic rings. The van der Waals surface area contributed by atoms with Gasteiger partial charge in [0.2, 0.25) is 11.6 Å². The number of anilines is 1. The van der Waals surface area contributed by atoms with E-state index in [2.05, 4.69) is 54.5 Å². The molecule has 0 bridgehead atoms. The standard InChI is InChI=1S/C38H47N7O5/c1-23-12-10-13-24(2)34(23)32-20-33(43-37(42-32)44-45(48,49)30-16-11-14-27(19-30)36(46)47)50-22-29-15-8-9-17-31(41-29)35-39-21-28(26(4)40-35)18-25(3)38(5,6)7/h10-14,16,18-21,29,31,41,48-49H,8-9,15,17,22H2,1-7H3,(H-,42,43,44,46,47)/p+1/b25-18+. The van der Waals surface area contributed by atoms with Crippen LogP contribution in [-0.4, -0.2) is 54.1 Å². The Kier molecular flexibility index (Phi) is 11.0. The smallest absolute Gasteiger partial charge is 0.335 e. The molecule has 12 heteroatoms. The molecule has 3 heterocycles. The SMILES string of the molecule is C/C(=C\c1cnc(C2CCCCC(COc3cc(-c4c(C)cccc4C)nc(N[N+](O)(O)c4cccc(C(=O)O)c4)n3)N2)nc1C)C(C)(C)C. The summed E-state index contributed by atoms with van der Waals surface area (Å²) in [5, 5.41) is 35.1. The fourth-order valence-corrected chi connectivity index (χ4v) is 5.90. The number of carboxylic acids is 1. The summed E-state index contributed by atoms with van der Waals surface area (Å²) in [5.41, 5.74) is 8.88. The van der Waals surface area contributed by atoms with Gasteiger partial charge in [0.25, 0.3) is 5.95 Å². The number of aryl methyl sites for hydroxylation is 3. The zero-order valence-corrected chi connectivity index (χ0v) is 29.9. The molecule has 12 nitrogen and oxygen atoms in total. The van der Waals surface area contributed by atoms with Crippen molar-refractivity contribution in [1.82, 2.24) is 30.2 Å². The van der Waals surface area contributed by atoms with E-state index in [-0.39, 0.29) is 40.6 Å². The van der Waals surface area contributed by atoms with Crippen molar-refractivity contribution in [3.8, 4) is 17.1 Å². The van der Waals surface area contributed by atoms with E-state index in [9.17, 15) is 20.3 Å². The first kappa shape index (κ1) is 36.5. The lowest BCUT2D eigenvalue weighted by Gasteiger charge is -2.23. The number of nitrogens with zero attached hydrogens (tertiary/aromatic N) is 5. The van der Waals surface area contributed by atoms with E-state index in [0.29, 0.717) is 12.3 Å². The number of hydrogen-bond acceptors (Lipinski definition) is 10. The molecule has 2 aromatic heterocycles. The average Bonchev–Trinajstić information content (AvgIpc) is 3.30. The predicted molar refractivity (Wildman–Crippen MR) is 193 cm³/mol. The van der Waals surface area contributed by atoms with Crippen LogP contribution < -0.4 is 20.4 Å². The van der Waals surface area contributed by atoms with Gasteiger partial charge < -0.3 is 15.2 Å². The summed E-state index contributed by atoms with van der Waals surface area (Å²) < 4.78 is 6.31. The molecule has 0 spiro atoms. The second-order valence-electron chi connectivity index (χ2n) is 14.1. The minimum Gasteiger partial charge on any atom is -0.478 e. The number of carbonyl (C=O) groups is 1. The van der Waals surface area contributed by atoms with E-state index >= 15 is 0 Å². The molecule has 2 aromatic carbocycles. The van der Waals surface area contributed by atoms with E-state index in [1.54, 1.807) is 6.07 Å². The zero-order valence-electron chi connectivity index (χ0n) is 29.9. The van der Waals surface area contributed by atoms with Crippen LogP contribution in [0.5, 0.6) is 5.88 Å². The van der Waals surface area contributed by atoms with Gasteiger partial charge >= 0.3 is 5.97 Å². The van der Waals surface area contributed by atoms with Crippen LogP contribution in [0.2, 0.25) is 0 Å². The van der Waals surface area contributed by atoms with Crippen LogP contribution in [0.1, 0.15) is 98.0 Å². The fourth-order valence-electron chi connectivity index (χ4n) is 5.90. The third-order valence-corrected chi connectivity index (χ3v) is 9.22. The minimum atomic E-state index is -1.88. The third-order valence-electron chi connectivity index (χ3n) is 9.22. The summed E-state index contributed by atoms with van der Waals surface area (Å²) in [7, 11) is 0. The molecule has 0 amide bonds. The molecule has 1 aliphatic heterocycles. The summed E-state index contributed by atoms with van der Waals surface area (Å²) in [6, 6.07) is 12.9. The number of ether oxygens (including phenoxy) is 1. The highest BCUT2D eigenvalue weighted by Crippen LogP contribution is 2.31. The van der Waals surface area contributed by atoms with Gasteiger partial charge in [0.15, 0.2) is 0 Å². The Hall–Kier alpha value is -4.75. The van der Waals surface area contributed by atoms with Crippen molar-refractivity contribution in [2.24, 2.45) is 5.41 Å². The topological polar surface area (TPSA) is 163 Å². The number of rotatable bonds is 10. The van der Waals surface area contributed by atoms with Crippen molar-refractivity contribution in [3.05, 3.63) is 94.1 Å². The van der Waals surface area contributed by atoms with Gasteiger partial charge in [0.1, 0.15) is 12.4 Å². The molecule has 1 fully saturated rings. The van der Waals surface area contributed by atoms with Gasteiger partial charge in [-0.25, -0.2) is 19.7 Å². The number of aromatic nitrogens is 4. The largest absolute Gasteiger partial charge is 0.478 e. The van der Waals surface area contributed by atoms with Crippen LogP contribution in [0.4, 0.5) is 11.6 Å². The van der Waals surface area contributed by atoms with Crippen LogP contribution >= 0.6 is 0 Å². The first-order chi connectivity index (χ1) is 23.6. The summed E-state index contributed by atoms with van der Waals surface area (Å²) in [4.78, 5) is 28.4. The summed E-state index contributed by atoms with van der Waals surface area (Å²) >= 11 is 0. The Morgan fingerprint density at radius 3 is 2.40 bits per heavy atom. The lowest BCUT2D eigenvalue weighted by molar-refractivity contribution is -0.273. The van der Waals surface area contributed by atoms with Gasteiger partial charge in [0.05, 0.1) is 22.2 Å². The summed E-state index contributed by atoms with van der Waals surface area (Å²) in [6.45, 7) is 15.0. The Labute approximate surface area is 293 Å². The van der Waals surface area contributed by atoms with Gasteiger partial charge in [-0.05, 0) is 63.1 Å². The predicted octanol–water partition coefficient (Wildman–Crippen LogP) is 7.77. The molecule has 5 N–H and O–H groups in total. The maximum atomic E-state index is 11.5. The second-order valence-corrected chi connectivity index (χ2v) is 14.1. The van der Waals surface area contributed by atoms with E-state index in [0.717, 1.165) is 65.5 Å². The van der Waals surface area contributed by atoms with Crippen molar-refractivity contribution in [2.45, 2.75) is 86.2 Å². The Bertz CT molecular complexity index is 1870. The van der Waals surface area contributed by atoms with Gasteiger partial charge in [0, 0.05) is 47.3 Å². The van der Waals surface area contributed by atoms with Gasteiger partial charge in [-0.3, -0.25) is 0 Å². The molecule has 1 saturated heterocycles. The highest BCUT2D eigenvalue weighted by atomic mass is 16.9. The maximum absolute atomic E-state index is 11.5. The molecule has 50 heavy (non-hydrogen) atoms. The molecule has 1 aliphatic rings. The summed E-state index contributed by atoms with van der Waals surface area (Å²) in [6.07, 6.45) is 7.90. The van der Waals surface area contributed by atoms with E-state index in [1.165, 1.54) is 23.8 Å². The first-order valence-corrected chi connectivity index (χ1v) is 16.9. The molecular weight excluding hydrogens is 634 g/mol. The Morgan fingerprint density at radius 1 is 1.02 bits per heavy atom. The van der Waals surface area contributed by atoms with Crippen molar-refractivity contribution < 1.29 is 25.1 Å². The number of hydrogen-bond donors (Lipinski definition) is 5. The van der Waals surface area contributed by atoms with Crippen molar-refractivity contribution in [2.75, 3.05) is 12.0 Å². The van der Waals surface area contributed by atoms with Crippen LogP contribution in [0.25, 0.3) is 17.3 Å². The molecule has 0 saturated carbocycles. The van der Waals surface area contributed by atoms with Gasteiger partial charge in [-0.1, -0.05) is 69.5 Å². The number of carboxylic acid groups (broad SMARTS) is 1. The van der Waals surface area contributed by atoms with Gasteiger partial charge in [-0.15, -0.1) is 15.8 Å². The van der Waals surface area contributed by atoms with Crippen LogP contribution in [0.15, 0.2) is 60.3 Å². The van der Waals surface area contributed by atoms with Crippen molar-refractivity contribution >= 4 is 23.7 Å². The van der Waals surface area contributed by atoms with Crippen LogP contribution in [0.3, 0.4) is 0 Å². The van der Waals surface area contributed by atoms with Crippen molar-refractivity contribution in [3.63, 3.8) is 0 Å². The normalized spacial score (nSPS) is 17.3. The highest BCUT2D eigenvalue weighted by molar-refractivity contribution is 5.88. The lowest BCUT2D eigenvalue weighted by Crippen LogP contribution is -2.48. The number of benzene rings is 2. The van der Waals surface area contributed by atoms with Crippen LogP contribution in [0, 0.1) is 26.2 Å². The Balaban J connectivity index is 1.39. The molecule has 2 unspecified atom stereocenters. The third kappa shape index (κ3) is 8.88. The van der Waals surface area contributed by atoms with E-state index in [4.69, 9.17) is 14.7 Å². The van der Waals surface area contributed by atoms with Crippen LogP contribution in [-0.2, 0) is 0 Å². The average molecular weight is 683 g/mol.